The zero-order valence-corrected chi connectivity index (χ0v) is 13.2. The Hall–Kier alpha value is -0.820. The van der Waals surface area contributed by atoms with E-state index in [9.17, 15) is 8.42 Å². The largest absolute Gasteiger partial charge is 0.397 e. The number of rotatable bonds is 4. The first-order chi connectivity index (χ1) is 9.32. The Balaban J connectivity index is 2.27. The minimum atomic E-state index is -3.58. The van der Waals surface area contributed by atoms with Crippen LogP contribution in [-0.2, 0) is 14.8 Å². The number of nitrogen functional groups attached to an aromatic ring is 1. The summed E-state index contributed by atoms with van der Waals surface area (Å²) in [5.74, 6) is 0. The number of aryl methyl sites for hydroxylation is 1. The third-order valence-corrected chi connectivity index (χ3v) is 5.76. The van der Waals surface area contributed by atoms with Crippen molar-refractivity contribution in [1.82, 2.24) is 4.31 Å². The van der Waals surface area contributed by atoms with Crippen molar-refractivity contribution in [2.75, 3.05) is 25.9 Å². The molecule has 1 fully saturated rings. The summed E-state index contributed by atoms with van der Waals surface area (Å²) < 4.78 is 31.9. The van der Waals surface area contributed by atoms with Crippen LogP contribution in [0.25, 0.3) is 0 Å². The number of likely N-dealkylation sites (N-methyl/N-ethyl adjacent to an activating group) is 1. The van der Waals surface area contributed by atoms with Crippen LogP contribution in [0.3, 0.4) is 0 Å². The molecule has 1 saturated heterocycles. The molecule has 2 rings (SSSR count). The van der Waals surface area contributed by atoms with Crippen molar-refractivity contribution < 1.29 is 13.2 Å². The highest BCUT2D eigenvalue weighted by Crippen LogP contribution is 2.28. The first-order valence-electron chi connectivity index (χ1n) is 6.46. The minimum absolute atomic E-state index is 0.0280. The average molecular weight is 319 g/mol. The Bertz CT molecular complexity index is 598. The number of hydrogen-bond donors (Lipinski definition) is 1. The second-order valence-corrected chi connectivity index (χ2v) is 7.48. The number of nitrogens with zero attached hydrogens (tertiary/aromatic N) is 1. The maximum atomic E-state index is 12.6. The zero-order valence-electron chi connectivity index (χ0n) is 11.6. The third-order valence-electron chi connectivity index (χ3n) is 3.47. The molecule has 20 heavy (non-hydrogen) atoms. The molecule has 0 saturated carbocycles. The summed E-state index contributed by atoms with van der Waals surface area (Å²) in [6, 6.07) is 2.99. The predicted octanol–water partition coefficient (Wildman–Crippen LogP) is 2.03. The van der Waals surface area contributed by atoms with E-state index in [1.165, 1.54) is 10.4 Å². The Labute approximate surface area is 124 Å². The van der Waals surface area contributed by atoms with E-state index < -0.39 is 10.0 Å². The van der Waals surface area contributed by atoms with Crippen molar-refractivity contribution in [1.29, 1.82) is 0 Å². The number of halogens is 1. The zero-order chi connectivity index (χ0) is 14.9. The van der Waals surface area contributed by atoms with Gasteiger partial charge in [-0.15, -0.1) is 0 Å². The average Bonchev–Trinajstić information content (AvgIpc) is 2.86. The summed E-state index contributed by atoms with van der Waals surface area (Å²) >= 11 is 5.90. The van der Waals surface area contributed by atoms with Gasteiger partial charge in [-0.25, -0.2) is 8.42 Å². The maximum Gasteiger partial charge on any atom is 0.243 e. The summed E-state index contributed by atoms with van der Waals surface area (Å²) in [5, 5.41) is 0.364. The van der Waals surface area contributed by atoms with Crippen LogP contribution < -0.4 is 5.73 Å². The Morgan fingerprint density at radius 3 is 2.80 bits per heavy atom. The fourth-order valence-corrected chi connectivity index (χ4v) is 3.95. The Kier molecular flexibility index (Phi) is 4.59. The molecule has 0 spiro atoms. The summed E-state index contributed by atoms with van der Waals surface area (Å²) in [7, 11) is -2.02. The van der Waals surface area contributed by atoms with Gasteiger partial charge in [-0.2, -0.15) is 4.31 Å². The standard InChI is InChI=1S/C13H19ClN2O3S/c1-9-6-11(14)12(15)7-13(9)20(17,18)16(2)8-10-4-3-5-19-10/h6-7,10H,3-5,8,15H2,1-2H3. The predicted molar refractivity (Wildman–Crippen MR) is 79.4 cm³/mol. The SMILES string of the molecule is Cc1cc(Cl)c(N)cc1S(=O)(=O)N(C)CC1CCCO1. The minimum Gasteiger partial charge on any atom is -0.397 e. The highest BCUT2D eigenvalue weighted by molar-refractivity contribution is 7.89. The van der Waals surface area contributed by atoms with Gasteiger partial charge in [0.25, 0.3) is 0 Å². The lowest BCUT2D eigenvalue weighted by Gasteiger charge is -2.21. The molecular formula is C13H19ClN2O3S. The van der Waals surface area contributed by atoms with Crippen molar-refractivity contribution in [3.8, 4) is 0 Å². The molecule has 0 aromatic heterocycles. The molecule has 0 radical (unpaired) electrons. The third kappa shape index (κ3) is 3.09. The van der Waals surface area contributed by atoms with E-state index in [-0.39, 0.29) is 16.7 Å². The molecule has 0 bridgehead atoms. The van der Waals surface area contributed by atoms with E-state index in [0.717, 1.165) is 12.8 Å². The lowest BCUT2D eigenvalue weighted by molar-refractivity contribution is 0.0979. The van der Waals surface area contributed by atoms with Crippen LogP contribution in [-0.4, -0.2) is 39.0 Å². The lowest BCUT2D eigenvalue weighted by Crippen LogP contribution is -2.34. The molecule has 1 aliphatic rings. The van der Waals surface area contributed by atoms with Crippen molar-refractivity contribution in [2.24, 2.45) is 0 Å². The fraction of sp³-hybridized carbons (Fsp3) is 0.538. The van der Waals surface area contributed by atoms with Gasteiger partial charge in [0.15, 0.2) is 0 Å². The van der Waals surface area contributed by atoms with Crippen LogP contribution in [0.5, 0.6) is 0 Å². The second kappa shape index (κ2) is 5.89. The normalized spacial score (nSPS) is 19.7. The van der Waals surface area contributed by atoms with Crippen molar-refractivity contribution in [2.45, 2.75) is 30.8 Å². The number of hydrogen-bond acceptors (Lipinski definition) is 4. The van der Waals surface area contributed by atoms with Gasteiger partial charge < -0.3 is 10.5 Å². The molecule has 1 aromatic rings. The van der Waals surface area contributed by atoms with Crippen LogP contribution in [0, 0.1) is 6.92 Å². The summed E-state index contributed by atoms with van der Waals surface area (Å²) in [6.45, 7) is 2.76. The molecule has 1 heterocycles. The summed E-state index contributed by atoms with van der Waals surface area (Å²) in [5.41, 5.74) is 6.56. The van der Waals surface area contributed by atoms with Crippen molar-refractivity contribution in [3.05, 3.63) is 22.7 Å². The van der Waals surface area contributed by atoms with E-state index in [1.807, 2.05) is 0 Å². The van der Waals surface area contributed by atoms with Gasteiger partial charge in [0.2, 0.25) is 10.0 Å². The fourth-order valence-electron chi connectivity index (χ4n) is 2.29. The van der Waals surface area contributed by atoms with Gasteiger partial charge in [0.05, 0.1) is 21.7 Å². The summed E-state index contributed by atoms with van der Waals surface area (Å²) in [4.78, 5) is 0.194. The van der Waals surface area contributed by atoms with Crippen LogP contribution >= 0.6 is 11.6 Å². The molecule has 1 atom stereocenters. The molecule has 1 unspecified atom stereocenters. The maximum absolute atomic E-state index is 12.6. The van der Waals surface area contributed by atoms with Crippen molar-refractivity contribution >= 4 is 27.3 Å². The number of nitrogens with two attached hydrogens (primary N) is 1. The quantitative estimate of drug-likeness (QED) is 0.862. The number of anilines is 1. The Morgan fingerprint density at radius 2 is 2.20 bits per heavy atom. The monoisotopic (exact) mass is 318 g/mol. The van der Waals surface area contributed by atoms with Crippen LogP contribution in [0.2, 0.25) is 5.02 Å². The Morgan fingerprint density at radius 1 is 1.50 bits per heavy atom. The van der Waals surface area contributed by atoms with E-state index in [0.29, 0.717) is 23.7 Å². The van der Waals surface area contributed by atoms with Crippen LogP contribution in [0.15, 0.2) is 17.0 Å². The van der Waals surface area contributed by atoms with Gasteiger partial charge in [-0.1, -0.05) is 11.6 Å². The molecule has 2 N–H and O–H groups in total. The molecule has 7 heteroatoms. The molecule has 1 aromatic carbocycles. The van der Waals surface area contributed by atoms with Crippen LogP contribution in [0.1, 0.15) is 18.4 Å². The number of ether oxygens (including phenoxy) is 1. The molecule has 0 aliphatic carbocycles. The smallest absolute Gasteiger partial charge is 0.243 e. The van der Waals surface area contributed by atoms with E-state index in [2.05, 4.69) is 0 Å². The van der Waals surface area contributed by atoms with Crippen LogP contribution in [0.4, 0.5) is 5.69 Å². The highest BCUT2D eigenvalue weighted by Gasteiger charge is 2.27. The van der Waals surface area contributed by atoms with E-state index in [4.69, 9.17) is 22.1 Å². The van der Waals surface area contributed by atoms with Gasteiger partial charge in [-0.05, 0) is 37.5 Å². The first-order valence-corrected chi connectivity index (χ1v) is 8.27. The van der Waals surface area contributed by atoms with Gasteiger partial charge in [0.1, 0.15) is 0 Å². The first kappa shape index (κ1) is 15.6. The molecular weight excluding hydrogens is 300 g/mol. The summed E-state index contributed by atoms with van der Waals surface area (Å²) in [6.07, 6.45) is 1.84. The molecule has 5 nitrogen and oxygen atoms in total. The second-order valence-electron chi connectivity index (χ2n) is 5.06. The van der Waals surface area contributed by atoms with Crippen molar-refractivity contribution in [3.63, 3.8) is 0 Å². The lowest BCUT2D eigenvalue weighted by atomic mass is 10.2. The molecule has 1 aliphatic heterocycles. The number of sulfonamides is 1. The molecule has 112 valence electrons. The molecule has 0 amide bonds. The van der Waals surface area contributed by atoms with E-state index in [1.54, 1.807) is 20.0 Å². The van der Waals surface area contributed by atoms with Gasteiger partial charge >= 0.3 is 0 Å². The van der Waals surface area contributed by atoms with E-state index >= 15 is 0 Å². The highest BCUT2D eigenvalue weighted by atomic mass is 35.5. The van der Waals surface area contributed by atoms with Gasteiger partial charge in [-0.3, -0.25) is 0 Å². The topological polar surface area (TPSA) is 72.6 Å². The number of benzene rings is 1. The van der Waals surface area contributed by atoms with Gasteiger partial charge in [0, 0.05) is 20.2 Å².